The zero-order chi connectivity index (χ0) is 18.9. The highest BCUT2D eigenvalue weighted by atomic mass is 32.1. The number of carbonyl (C=O) groups excluding carboxylic acids is 2. The lowest BCUT2D eigenvalue weighted by Gasteiger charge is -2.06. The number of carbonyl (C=O) groups is 2. The number of nitrogens with two attached hydrogens (primary N) is 1. The Bertz CT molecular complexity index is 865. The minimum Gasteiger partial charge on any atom is -0.447 e. The van der Waals surface area contributed by atoms with Gasteiger partial charge in [-0.2, -0.15) is 0 Å². The van der Waals surface area contributed by atoms with E-state index >= 15 is 0 Å². The molecule has 134 valence electrons. The number of nitrogen functional groups attached to an aromatic ring is 1. The SMILES string of the molecule is C=O.Cc1ccc(C(=O)NCc2ccc(Oc3ccccc3)s2)c(N)n1. The fraction of sp³-hybridized carbons (Fsp3) is 0.105. The third-order valence-electron chi connectivity index (χ3n) is 3.33. The van der Waals surface area contributed by atoms with Gasteiger partial charge in [-0.05, 0) is 43.3 Å². The zero-order valence-corrected chi connectivity index (χ0v) is 15.1. The van der Waals surface area contributed by atoms with E-state index in [1.807, 2.05) is 56.2 Å². The van der Waals surface area contributed by atoms with E-state index in [4.69, 9.17) is 15.3 Å². The first-order valence-electron chi connectivity index (χ1n) is 7.73. The van der Waals surface area contributed by atoms with E-state index in [2.05, 4.69) is 10.3 Å². The molecule has 0 aliphatic rings. The molecule has 0 saturated carbocycles. The average molecular weight is 369 g/mol. The first kappa shape index (κ1) is 19.1. The molecule has 0 spiro atoms. The van der Waals surface area contributed by atoms with E-state index < -0.39 is 0 Å². The number of ether oxygens (including phenoxy) is 1. The van der Waals surface area contributed by atoms with Crippen molar-refractivity contribution in [2.75, 3.05) is 5.73 Å². The van der Waals surface area contributed by atoms with E-state index in [0.717, 1.165) is 21.4 Å². The van der Waals surface area contributed by atoms with Crippen LogP contribution in [0, 0.1) is 6.92 Å². The third kappa shape index (κ3) is 5.15. The molecule has 0 aliphatic carbocycles. The number of aryl methyl sites for hydroxylation is 1. The molecule has 26 heavy (non-hydrogen) atoms. The Hall–Kier alpha value is -3.19. The van der Waals surface area contributed by atoms with E-state index in [1.165, 1.54) is 11.3 Å². The van der Waals surface area contributed by atoms with Gasteiger partial charge in [-0.25, -0.2) is 4.98 Å². The van der Waals surface area contributed by atoms with Crippen molar-refractivity contribution in [3.8, 4) is 10.8 Å². The number of benzene rings is 1. The van der Waals surface area contributed by atoms with Crippen molar-refractivity contribution >= 4 is 29.9 Å². The minimum atomic E-state index is -0.237. The number of anilines is 1. The summed E-state index contributed by atoms with van der Waals surface area (Å²) >= 11 is 1.49. The molecular weight excluding hydrogens is 350 g/mol. The van der Waals surface area contributed by atoms with E-state index in [-0.39, 0.29) is 11.7 Å². The number of amides is 1. The summed E-state index contributed by atoms with van der Waals surface area (Å²) in [7, 11) is 0. The number of thiophene rings is 1. The van der Waals surface area contributed by atoms with Gasteiger partial charge < -0.3 is 20.6 Å². The molecule has 0 bridgehead atoms. The topological polar surface area (TPSA) is 94.3 Å². The second-order valence-corrected chi connectivity index (χ2v) is 6.33. The van der Waals surface area contributed by atoms with Crippen LogP contribution in [-0.4, -0.2) is 17.7 Å². The smallest absolute Gasteiger partial charge is 0.255 e. The third-order valence-corrected chi connectivity index (χ3v) is 4.29. The van der Waals surface area contributed by atoms with Gasteiger partial charge in [-0.3, -0.25) is 4.79 Å². The summed E-state index contributed by atoms with van der Waals surface area (Å²) in [6.45, 7) is 4.24. The fourth-order valence-corrected chi connectivity index (χ4v) is 2.96. The van der Waals surface area contributed by atoms with Gasteiger partial charge in [-0.15, -0.1) is 11.3 Å². The van der Waals surface area contributed by atoms with Gasteiger partial charge in [0.05, 0.1) is 12.1 Å². The molecular formula is C19H19N3O3S. The molecule has 0 unspecified atom stereocenters. The van der Waals surface area contributed by atoms with Gasteiger partial charge in [0.25, 0.3) is 5.91 Å². The number of rotatable bonds is 5. The fourth-order valence-electron chi connectivity index (χ4n) is 2.14. The number of para-hydroxylation sites is 1. The number of aromatic nitrogens is 1. The van der Waals surface area contributed by atoms with Gasteiger partial charge in [0.2, 0.25) is 0 Å². The zero-order valence-electron chi connectivity index (χ0n) is 14.3. The van der Waals surface area contributed by atoms with Crippen LogP contribution in [0.3, 0.4) is 0 Å². The van der Waals surface area contributed by atoms with Gasteiger partial charge in [0.1, 0.15) is 18.4 Å². The molecule has 6 nitrogen and oxygen atoms in total. The van der Waals surface area contributed by atoms with Crippen LogP contribution < -0.4 is 15.8 Å². The summed E-state index contributed by atoms with van der Waals surface area (Å²) in [4.78, 5) is 25.3. The Morgan fingerprint density at radius 3 is 2.58 bits per heavy atom. The first-order chi connectivity index (χ1) is 12.6. The molecule has 1 aromatic carbocycles. The molecule has 7 heteroatoms. The number of pyridine rings is 1. The Kier molecular flexibility index (Phi) is 6.87. The van der Waals surface area contributed by atoms with E-state index in [9.17, 15) is 4.79 Å². The van der Waals surface area contributed by atoms with Crippen LogP contribution in [0.4, 0.5) is 5.82 Å². The van der Waals surface area contributed by atoms with Gasteiger partial charge in [-0.1, -0.05) is 18.2 Å². The van der Waals surface area contributed by atoms with Gasteiger partial charge in [0.15, 0.2) is 5.06 Å². The van der Waals surface area contributed by atoms with Crippen LogP contribution in [0.5, 0.6) is 10.8 Å². The van der Waals surface area contributed by atoms with Crippen molar-refractivity contribution in [1.82, 2.24) is 10.3 Å². The maximum atomic E-state index is 12.2. The summed E-state index contributed by atoms with van der Waals surface area (Å²) in [6.07, 6.45) is 0. The molecule has 3 rings (SSSR count). The molecule has 0 atom stereocenters. The minimum absolute atomic E-state index is 0.237. The quantitative estimate of drug-likeness (QED) is 0.717. The van der Waals surface area contributed by atoms with Crippen molar-refractivity contribution in [2.45, 2.75) is 13.5 Å². The molecule has 1 amide bonds. The molecule has 2 heterocycles. The van der Waals surface area contributed by atoms with Crippen molar-refractivity contribution in [3.63, 3.8) is 0 Å². The van der Waals surface area contributed by atoms with Crippen LogP contribution in [0.2, 0.25) is 0 Å². The molecule has 0 saturated heterocycles. The maximum Gasteiger partial charge on any atom is 0.255 e. The maximum absolute atomic E-state index is 12.2. The number of nitrogens with zero attached hydrogens (tertiary/aromatic N) is 1. The summed E-state index contributed by atoms with van der Waals surface area (Å²) in [6, 6.07) is 16.8. The van der Waals surface area contributed by atoms with E-state index in [0.29, 0.717) is 12.1 Å². The highest BCUT2D eigenvalue weighted by Crippen LogP contribution is 2.29. The summed E-state index contributed by atoms with van der Waals surface area (Å²) < 4.78 is 5.76. The normalized spacial score (nSPS) is 9.73. The van der Waals surface area contributed by atoms with Crippen LogP contribution in [0.15, 0.2) is 54.6 Å². The molecule has 3 aromatic rings. The van der Waals surface area contributed by atoms with Crippen LogP contribution in [0.25, 0.3) is 0 Å². The van der Waals surface area contributed by atoms with Crippen molar-refractivity contribution < 1.29 is 14.3 Å². The molecule has 0 fully saturated rings. The average Bonchev–Trinajstić information content (AvgIpc) is 3.09. The second kappa shape index (κ2) is 9.33. The number of hydrogen-bond donors (Lipinski definition) is 2. The highest BCUT2D eigenvalue weighted by molar-refractivity contribution is 7.13. The van der Waals surface area contributed by atoms with Gasteiger partial charge in [0, 0.05) is 10.6 Å². The summed E-state index contributed by atoms with van der Waals surface area (Å²) in [5, 5.41) is 3.63. The predicted octanol–water partition coefficient (Wildman–Crippen LogP) is 3.57. The van der Waals surface area contributed by atoms with Crippen LogP contribution in [0.1, 0.15) is 20.9 Å². The second-order valence-electron chi connectivity index (χ2n) is 5.20. The first-order valence-corrected chi connectivity index (χ1v) is 8.55. The predicted molar refractivity (Wildman–Crippen MR) is 103 cm³/mol. The van der Waals surface area contributed by atoms with Gasteiger partial charge >= 0.3 is 0 Å². The lowest BCUT2D eigenvalue weighted by atomic mass is 10.2. The Balaban J connectivity index is 0.00000117. The summed E-state index contributed by atoms with van der Waals surface area (Å²) in [5.74, 6) is 0.791. The van der Waals surface area contributed by atoms with Crippen LogP contribution >= 0.6 is 11.3 Å². The summed E-state index contributed by atoms with van der Waals surface area (Å²) in [5.41, 5.74) is 6.96. The van der Waals surface area contributed by atoms with Crippen molar-refractivity contribution in [3.05, 3.63) is 70.7 Å². The molecule has 0 aliphatic heterocycles. The van der Waals surface area contributed by atoms with Crippen LogP contribution in [-0.2, 0) is 11.3 Å². The number of nitrogens with one attached hydrogen (secondary N) is 1. The molecule has 3 N–H and O–H groups in total. The lowest BCUT2D eigenvalue weighted by Crippen LogP contribution is -2.23. The van der Waals surface area contributed by atoms with Crippen molar-refractivity contribution in [1.29, 1.82) is 0 Å². The standard InChI is InChI=1S/C18H17N3O2S.CH2O/c1-12-7-9-15(17(19)21-12)18(22)20-11-14-8-10-16(24-14)23-13-5-3-2-4-6-13;1-2/h2-10H,11H2,1H3,(H2,19,21)(H,20,22);1H2. The molecule has 2 aromatic heterocycles. The Morgan fingerprint density at radius 2 is 1.88 bits per heavy atom. The largest absolute Gasteiger partial charge is 0.447 e. The Labute approximate surface area is 155 Å². The molecule has 0 radical (unpaired) electrons. The monoisotopic (exact) mass is 369 g/mol. The van der Waals surface area contributed by atoms with E-state index in [1.54, 1.807) is 12.1 Å². The number of hydrogen-bond acceptors (Lipinski definition) is 6. The van der Waals surface area contributed by atoms with Crippen molar-refractivity contribution in [2.24, 2.45) is 0 Å². The highest BCUT2D eigenvalue weighted by Gasteiger charge is 2.11. The Morgan fingerprint density at radius 1 is 1.15 bits per heavy atom. The lowest BCUT2D eigenvalue weighted by molar-refractivity contribution is -0.0980.